The first-order chi connectivity index (χ1) is 10.3. The van der Waals surface area contributed by atoms with Gasteiger partial charge in [0.1, 0.15) is 12.7 Å². The second kappa shape index (κ2) is 8.06. The van der Waals surface area contributed by atoms with Gasteiger partial charge in [-0.1, -0.05) is 0 Å². The third-order valence-electron chi connectivity index (χ3n) is 2.98. The summed E-state index contributed by atoms with van der Waals surface area (Å²) in [6, 6.07) is -0.869. The van der Waals surface area contributed by atoms with Crippen LogP contribution in [0.3, 0.4) is 0 Å². The molecule has 0 spiro atoms. The Kier molecular flexibility index (Phi) is 6.72. The Morgan fingerprint density at radius 3 is 2.00 bits per heavy atom. The summed E-state index contributed by atoms with van der Waals surface area (Å²) in [4.78, 5) is 33.5. The van der Waals surface area contributed by atoms with Crippen LogP contribution in [0.5, 0.6) is 0 Å². The minimum absolute atomic E-state index is 0.197. The number of carbonyl (C=O) groups excluding carboxylic acids is 3. The van der Waals surface area contributed by atoms with Gasteiger partial charge >= 0.3 is 17.9 Å². The van der Waals surface area contributed by atoms with E-state index in [1.54, 1.807) is 0 Å². The second-order valence-corrected chi connectivity index (χ2v) is 4.81. The molecule has 2 N–H and O–H groups in total. The normalized spacial score (nSPS) is 31.2. The average Bonchev–Trinajstić information content (AvgIpc) is 2.41. The SMILES string of the molecule is CO[C@@H]1O[C@H](COC(C)=O)[C@H](OC(C)=O)[C@H](OC(C)=O)[C@H]1N. The Morgan fingerprint density at radius 2 is 1.55 bits per heavy atom. The van der Waals surface area contributed by atoms with Crippen LogP contribution in [-0.4, -0.2) is 62.3 Å². The van der Waals surface area contributed by atoms with Crippen molar-refractivity contribution in [2.45, 2.75) is 51.4 Å². The van der Waals surface area contributed by atoms with Crippen LogP contribution >= 0.6 is 0 Å². The third kappa shape index (κ3) is 4.93. The van der Waals surface area contributed by atoms with Crippen molar-refractivity contribution < 1.29 is 38.1 Å². The summed E-state index contributed by atoms with van der Waals surface area (Å²) >= 11 is 0. The summed E-state index contributed by atoms with van der Waals surface area (Å²) in [5, 5.41) is 0. The smallest absolute Gasteiger partial charge is 0.303 e. The molecule has 1 heterocycles. The lowest BCUT2D eigenvalue weighted by Gasteiger charge is -2.43. The van der Waals surface area contributed by atoms with Gasteiger partial charge in [0.25, 0.3) is 0 Å². The average molecular weight is 319 g/mol. The van der Waals surface area contributed by atoms with E-state index in [1.165, 1.54) is 27.9 Å². The Morgan fingerprint density at radius 1 is 1.00 bits per heavy atom. The number of ether oxygens (including phenoxy) is 5. The van der Waals surface area contributed by atoms with Crippen LogP contribution in [0, 0.1) is 0 Å². The molecule has 0 aliphatic carbocycles. The molecule has 5 atom stereocenters. The van der Waals surface area contributed by atoms with Crippen LogP contribution in [0.2, 0.25) is 0 Å². The number of nitrogens with two attached hydrogens (primary N) is 1. The Balaban J connectivity index is 3.00. The maximum Gasteiger partial charge on any atom is 0.303 e. The molecule has 0 aromatic rings. The molecule has 1 saturated heterocycles. The van der Waals surface area contributed by atoms with Gasteiger partial charge in [0, 0.05) is 27.9 Å². The Hall–Kier alpha value is -1.71. The molecule has 1 rings (SSSR count). The monoisotopic (exact) mass is 319 g/mol. The summed E-state index contributed by atoms with van der Waals surface area (Å²) in [5.41, 5.74) is 5.94. The van der Waals surface area contributed by atoms with E-state index >= 15 is 0 Å². The summed E-state index contributed by atoms with van der Waals surface area (Å²) in [5.74, 6) is -1.74. The Labute approximate surface area is 128 Å². The van der Waals surface area contributed by atoms with Gasteiger partial charge in [-0.3, -0.25) is 14.4 Å². The van der Waals surface area contributed by atoms with Gasteiger partial charge in [0.2, 0.25) is 0 Å². The Bertz CT molecular complexity index is 426. The summed E-state index contributed by atoms with van der Waals surface area (Å²) in [7, 11) is 1.37. The number of esters is 3. The topological polar surface area (TPSA) is 123 Å². The highest BCUT2D eigenvalue weighted by Gasteiger charge is 2.49. The van der Waals surface area contributed by atoms with Crippen molar-refractivity contribution in [1.82, 2.24) is 0 Å². The molecular formula is C13H21NO8. The van der Waals surface area contributed by atoms with Gasteiger partial charge < -0.3 is 29.4 Å². The van der Waals surface area contributed by atoms with Crippen LogP contribution in [-0.2, 0) is 38.1 Å². The van der Waals surface area contributed by atoms with Crippen molar-refractivity contribution in [3.05, 3.63) is 0 Å². The van der Waals surface area contributed by atoms with Gasteiger partial charge in [-0.2, -0.15) is 0 Å². The van der Waals surface area contributed by atoms with E-state index in [0.717, 1.165) is 0 Å². The number of hydrogen-bond donors (Lipinski definition) is 1. The highest BCUT2D eigenvalue weighted by atomic mass is 16.7. The minimum Gasteiger partial charge on any atom is -0.463 e. The first-order valence-electron chi connectivity index (χ1n) is 6.68. The molecule has 1 fully saturated rings. The lowest BCUT2D eigenvalue weighted by atomic mass is 9.97. The molecule has 1 aliphatic heterocycles. The molecule has 9 nitrogen and oxygen atoms in total. The van der Waals surface area contributed by atoms with Crippen LogP contribution in [0.4, 0.5) is 0 Å². The zero-order chi connectivity index (χ0) is 16.9. The highest BCUT2D eigenvalue weighted by molar-refractivity contribution is 5.67. The van der Waals surface area contributed by atoms with Crippen molar-refractivity contribution in [2.24, 2.45) is 5.73 Å². The molecule has 0 amide bonds. The quantitative estimate of drug-likeness (QED) is 0.507. The zero-order valence-corrected chi connectivity index (χ0v) is 12.9. The molecule has 9 heteroatoms. The van der Waals surface area contributed by atoms with Gasteiger partial charge in [-0.15, -0.1) is 0 Å². The standard InChI is InChI=1S/C13H21NO8/c1-6(15)19-5-9-11(20-7(2)16)12(21-8(3)17)10(14)13(18-4)22-9/h9-13H,5,14H2,1-4H3/t9-,10-,11+,12-,13-/m1/s1. The summed E-state index contributed by atoms with van der Waals surface area (Å²) in [6.07, 6.45) is -3.78. The lowest BCUT2D eigenvalue weighted by molar-refractivity contribution is -0.267. The molecule has 22 heavy (non-hydrogen) atoms. The molecule has 0 aromatic heterocycles. The summed E-state index contributed by atoms with van der Waals surface area (Å²) < 4.78 is 25.8. The molecule has 0 radical (unpaired) electrons. The van der Waals surface area contributed by atoms with E-state index in [4.69, 9.17) is 29.4 Å². The van der Waals surface area contributed by atoms with Gasteiger partial charge in [-0.25, -0.2) is 0 Å². The molecule has 0 aromatic carbocycles. The maximum absolute atomic E-state index is 11.3. The van der Waals surface area contributed by atoms with Crippen molar-refractivity contribution in [2.75, 3.05) is 13.7 Å². The van der Waals surface area contributed by atoms with Crippen molar-refractivity contribution in [3.8, 4) is 0 Å². The fourth-order valence-corrected chi connectivity index (χ4v) is 2.14. The van der Waals surface area contributed by atoms with Gasteiger partial charge in [0.15, 0.2) is 18.5 Å². The molecule has 0 bridgehead atoms. The fourth-order valence-electron chi connectivity index (χ4n) is 2.14. The fraction of sp³-hybridized carbons (Fsp3) is 0.769. The summed E-state index contributed by atoms with van der Waals surface area (Å²) in [6.45, 7) is 3.43. The van der Waals surface area contributed by atoms with E-state index in [9.17, 15) is 14.4 Å². The molecule has 0 saturated carbocycles. The van der Waals surface area contributed by atoms with E-state index in [0.29, 0.717) is 0 Å². The van der Waals surface area contributed by atoms with Gasteiger partial charge in [-0.05, 0) is 0 Å². The predicted octanol–water partition coefficient (Wildman–Crippen LogP) is -0.888. The van der Waals surface area contributed by atoms with E-state index in [1.807, 2.05) is 0 Å². The predicted molar refractivity (Wildman–Crippen MR) is 71.4 cm³/mol. The van der Waals surface area contributed by atoms with Crippen molar-refractivity contribution in [1.29, 1.82) is 0 Å². The molecule has 1 aliphatic rings. The number of methoxy groups -OCH3 is 1. The van der Waals surface area contributed by atoms with Crippen LogP contribution in [0.15, 0.2) is 0 Å². The molecular weight excluding hydrogens is 298 g/mol. The molecule has 0 unspecified atom stereocenters. The zero-order valence-electron chi connectivity index (χ0n) is 12.9. The maximum atomic E-state index is 11.3. The highest BCUT2D eigenvalue weighted by Crippen LogP contribution is 2.26. The van der Waals surface area contributed by atoms with E-state index in [-0.39, 0.29) is 6.61 Å². The first-order valence-corrected chi connectivity index (χ1v) is 6.68. The van der Waals surface area contributed by atoms with Crippen LogP contribution in [0.25, 0.3) is 0 Å². The van der Waals surface area contributed by atoms with Crippen molar-refractivity contribution >= 4 is 17.9 Å². The number of hydrogen-bond acceptors (Lipinski definition) is 9. The van der Waals surface area contributed by atoms with E-state index < -0.39 is 48.6 Å². The second-order valence-electron chi connectivity index (χ2n) is 4.81. The largest absolute Gasteiger partial charge is 0.463 e. The molecule has 126 valence electrons. The third-order valence-corrected chi connectivity index (χ3v) is 2.98. The first kappa shape index (κ1) is 18.3. The number of rotatable bonds is 5. The van der Waals surface area contributed by atoms with Crippen LogP contribution in [0.1, 0.15) is 20.8 Å². The van der Waals surface area contributed by atoms with Crippen LogP contribution < -0.4 is 5.73 Å². The van der Waals surface area contributed by atoms with Crippen molar-refractivity contribution in [3.63, 3.8) is 0 Å². The van der Waals surface area contributed by atoms with Gasteiger partial charge in [0.05, 0.1) is 6.04 Å². The van der Waals surface area contributed by atoms with E-state index in [2.05, 4.69) is 0 Å². The minimum atomic E-state index is -1.01. The lowest BCUT2D eigenvalue weighted by Crippen LogP contribution is -2.64. The number of carbonyl (C=O) groups is 3.